The Morgan fingerprint density at radius 3 is 2.04 bits per heavy atom. The minimum absolute atomic E-state index is 0.389. The second-order valence-electron chi connectivity index (χ2n) is 5.95. The van der Waals surface area contributed by atoms with Gasteiger partial charge < -0.3 is 5.32 Å². The van der Waals surface area contributed by atoms with E-state index in [2.05, 4.69) is 91.1 Å². The highest BCUT2D eigenvalue weighted by molar-refractivity contribution is 6.03. The standard InChI is InChI=1S/C22H19N/c1-16-19-14-8-9-15-20(19)22(23-18-12-6-3-7-13-18)21(16)17-10-4-2-5-11-17/h2-16,23H,1H3. The zero-order valence-electron chi connectivity index (χ0n) is 13.2. The van der Waals surface area contributed by atoms with Crippen LogP contribution in [0.1, 0.15) is 29.5 Å². The molecule has 0 heterocycles. The molecule has 112 valence electrons. The lowest BCUT2D eigenvalue weighted by atomic mass is 9.93. The van der Waals surface area contributed by atoms with E-state index in [9.17, 15) is 0 Å². The van der Waals surface area contributed by atoms with Crippen LogP contribution in [0.4, 0.5) is 5.69 Å². The van der Waals surface area contributed by atoms with Crippen molar-refractivity contribution in [1.29, 1.82) is 0 Å². The summed E-state index contributed by atoms with van der Waals surface area (Å²) in [7, 11) is 0. The summed E-state index contributed by atoms with van der Waals surface area (Å²) < 4.78 is 0. The summed E-state index contributed by atoms with van der Waals surface area (Å²) in [6.07, 6.45) is 0. The normalized spacial score (nSPS) is 16.3. The summed E-state index contributed by atoms with van der Waals surface area (Å²) in [5.41, 5.74) is 7.71. The Hall–Kier alpha value is -2.80. The van der Waals surface area contributed by atoms with Gasteiger partial charge in [0.05, 0.1) is 5.70 Å². The van der Waals surface area contributed by atoms with Crippen LogP contribution in [0.15, 0.2) is 84.9 Å². The minimum Gasteiger partial charge on any atom is -0.355 e. The van der Waals surface area contributed by atoms with Crippen LogP contribution in [0.3, 0.4) is 0 Å². The van der Waals surface area contributed by atoms with E-state index in [1.165, 1.54) is 28.0 Å². The summed E-state index contributed by atoms with van der Waals surface area (Å²) in [5.74, 6) is 0.389. The molecule has 0 saturated carbocycles. The van der Waals surface area contributed by atoms with Gasteiger partial charge in [0.1, 0.15) is 0 Å². The monoisotopic (exact) mass is 297 g/mol. The molecule has 1 atom stereocenters. The fourth-order valence-electron chi connectivity index (χ4n) is 3.43. The summed E-state index contributed by atoms with van der Waals surface area (Å²) in [6.45, 7) is 2.29. The van der Waals surface area contributed by atoms with E-state index in [1.54, 1.807) is 0 Å². The van der Waals surface area contributed by atoms with E-state index in [0.717, 1.165) is 5.69 Å². The molecule has 4 rings (SSSR count). The van der Waals surface area contributed by atoms with Crippen molar-refractivity contribution in [3.63, 3.8) is 0 Å². The molecule has 0 aliphatic heterocycles. The molecular formula is C22H19N. The SMILES string of the molecule is CC1C(c2ccccc2)=C(Nc2ccccc2)c2ccccc21. The van der Waals surface area contributed by atoms with Crippen LogP contribution in [0.25, 0.3) is 11.3 Å². The molecule has 23 heavy (non-hydrogen) atoms. The van der Waals surface area contributed by atoms with E-state index < -0.39 is 0 Å². The second-order valence-corrected chi connectivity index (χ2v) is 5.95. The number of allylic oxidation sites excluding steroid dienone is 1. The Balaban J connectivity index is 1.88. The van der Waals surface area contributed by atoms with Crippen molar-refractivity contribution in [2.24, 2.45) is 0 Å². The Morgan fingerprint density at radius 1 is 0.696 bits per heavy atom. The number of rotatable bonds is 3. The van der Waals surface area contributed by atoms with Gasteiger partial charge in [0.2, 0.25) is 0 Å². The Bertz CT molecular complexity index is 847. The maximum atomic E-state index is 3.66. The summed E-state index contributed by atoms with van der Waals surface area (Å²) >= 11 is 0. The van der Waals surface area contributed by atoms with Gasteiger partial charge in [0.15, 0.2) is 0 Å². The molecule has 1 aliphatic carbocycles. The minimum atomic E-state index is 0.389. The van der Waals surface area contributed by atoms with Gasteiger partial charge in [-0.3, -0.25) is 0 Å². The van der Waals surface area contributed by atoms with Crippen molar-refractivity contribution in [2.75, 3.05) is 5.32 Å². The first-order valence-electron chi connectivity index (χ1n) is 8.05. The second kappa shape index (κ2) is 5.77. The lowest BCUT2D eigenvalue weighted by Crippen LogP contribution is -1.99. The van der Waals surface area contributed by atoms with E-state index in [4.69, 9.17) is 0 Å². The van der Waals surface area contributed by atoms with Crippen LogP contribution in [0.2, 0.25) is 0 Å². The van der Waals surface area contributed by atoms with Crippen LogP contribution in [-0.4, -0.2) is 0 Å². The van der Waals surface area contributed by atoms with Gasteiger partial charge in [-0.2, -0.15) is 0 Å². The molecule has 0 spiro atoms. The Morgan fingerprint density at radius 2 is 1.30 bits per heavy atom. The van der Waals surface area contributed by atoms with Crippen molar-refractivity contribution < 1.29 is 0 Å². The average molecular weight is 297 g/mol. The third-order valence-electron chi connectivity index (χ3n) is 4.53. The molecular weight excluding hydrogens is 278 g/mol. The molecule has 1 aliphatic rings. The van der Waals surface area contributed by atoms with Crippen LogP contribution >= 0.6 is 0 Å². The van der Waals surface area contributed by atoms with Crippen molar-refractivity contribution >= 4 is 17.0 Å². The highest BCUT2D eigenvalue weighted by atomic mass is 14.9. The van der Waals surface area contributed by atoms with E-state index >= 15 is 0 Å². The maximum absolute atomic E-state index is 3.66. The lowest BCUT2D eigenvalue weighted by Gasteiger charge is -2.14. The molecule has 0 saturated heterocycles. The van der Waals surface area contributed by atoms with E-state index in [-0.39, 0.29) is 0 Å². The number of para-hydroxylation sites is 1. The number of anilines is 1. The van der Waals surface area contributed by atoms with Crippen molar-refractivity contribution in [1.82, 2.24) is 0 Å². The molecule has 0 aromatic heterocycles. The third-order valence-corrected chi connectivity index (χ3v) is 4.53. The Kier molecular flexibility index (Phi) is 3.47. The number of hydrogen-bond acceptors (Lipinski definition) is 1. The van der Waals surface area contributed by atoms with Crippen molar-refractivity contribution in [2.45, 2.75) is 12.8 Å². The summed E-state index contributed by atoms with van der Waals surface area (Å²) in [4.78, 5) is 0. The summed E-state index contributed by atoms with van der Waals surface area (Å²) in [6, 6.07) is 29.8. The van der Waals surface area contributed by atoms with Crippen molar-refractivity contribution in [3.8, 4) is 0 Å². The zero-order valence-corrected chi connectivity index (χ0v) is 13.2. The molecule has 1 N–H and O–H groups in total. The van der Waals surface area contributed by atoms with E-state index in [1.807, 2.05) is 6.07 Å². The number of hydrogen-bond donors (Lipinski definition) is 1. The summed E-state index contributed by atoms with van der Waals surface area (Å²) in [5, 5.41) is 3.66. The number of nitrogens with one attached hydrogen (secondary N) is 1. The van der Waals surface area contributed by atoms with Gasteiger partial charge in [-0.15, -0.1) is 0 Å². The first-order valence-corrected chi connectivity index (χ1v) is 8.05. The molecule has 0 amide bonds. The maximum Gasteiger partial charge on any atom is 0.0505 e. The molecule has 0 bridgehead atoms. The topological polar surface area (TPSA) is 12.0 Å². The highest BCUT2D eigenvalue weighted by Crippen LogP contribution is 2.46. The van der Waals surface area contributed by atoms with Gasteiger partial charge in [0.25, 0.3) is 0 Å². The molecule has 0 radical (unpaired) electrons. The van der Waals surface area contributed by atoms with E-state index in [0.29, 0.717) is 5.92 Å². The average Bonchev–Trinajstić information content (AvgIpc) is 2.89. The Labute approximate surface area is 137 Å². The third kappa shape index (κ3) is 2.44. The van der Waals surface area contributed by atoms with Gasteiger partial charge in [0, 0.05) is 17.2 Å². The molecule has 1 nitrogen and oxygen atoms in total. The lowest BCUT2D eigenvalue weighted by molar-refractivity contribution is 1.01. The number of benzene rings is 3. The fourth-order valence-corrected chi connectivity index (χ4v) is 3.43. The quantitative estimate of drug-likeness (QED) is 0.645. The zero-order chi connectivity index (χ0) is 15.6. The van der Waals surface area contributed by atoms with Crippen LogP contribution < -0.4 is 5.32 Å². The molecule has 1 unspecified atom stereocenters. The number of fused-ring (bicyclic) bond motifs is 1. The van der Waals surface area contributed by atoms with Crippen LogP contribution in [0, 0.1) is 0 Å². The fraction of sp³-hybridized carbons (Fsp3) is 0.0909. The predicted octanol–water partition coefficient (Wildman–Crippen LogP) is 5.78. The largest absolute Gasteiger partial charge is 0.355 e. The first kappa shape index (κ1) is 13.8. The molecule has 3 aromatic rings. The van der Waals surface area contributed by atoms with Gasteiger partial charge in [-0.1, -0.05) is 79.7 Å². The highest BCUT2D eigenvalue weighted by Gasteiger charge is 2.28. The van der Waals surface area contributed by atoms with Gasteiger partial charge >= 0.3 is 0 Å². The van der Waals surface area contributed by atoms with Crippen LogP contribution in [0.5, 0.6) is 0 Å². The first-order chi connectivity index (χ1) is 11.3. The molecule has 0 fully saturated rings. The van der Waals surface area contributed by atoms with Crippen molar-refractivity contribution in [3.05, 3.63) is 102 Å². The molecule has 3 aromatic carbocycles. The van der Waals surface area contributed by atoms with Crippen LogP contribution in [-0.2, 0) is 0 Å². The van der Waals surface area contributed by atoms with Gasteiger partial charge in [-0.25, -0.2) is 0 Å². The molecule has 1 heteroatoms. The van der Waals surface area contributed by atoms with Gasteiger partial charge in [-0.05, 0) is 28.8 Å². The smallest absolute Gasteiger partial charge is 0.0505 e. The predicted molar refractivity (Wildman–Crippen MR) is 98.2 cm³/mol.